The highest BCUT2D eigenvalue weighted by Gasteiger charge is 2.16. The van der Waals surface area contributed by atoms with Crippen LogP contribution in [0.2, 0.25) is 0 Å². The molecular formula is C12H17NO2S. The minimum absolute atomic E-state index is 0.499. The summed E-state index contributed by atoms with van der Waals surface area (Å²) < 4.78 is 0. The van der Waals surface area contributed by atoms with E-state index in [1.54, 1.807) is 11.8 Å². The molecule has 0 bridgehead atoms. The van der Waals surface area contributed by atoms with Crippen molar-refractivity contribution in [3.63, 3.8) is 0 Å². The van der Waals surface area contributed by atoms with Crippen molar-refractivity contribution in [3.8, 4) is 0 Å². The number of rotatable bonds is 7. The molecule has 0 aliphatic carbocycles. The molecule has 16 heavy (non-hydrogen) atoms. The predicted octanol–water partition coefficient (Wildman–Crippen LogP) is 1.98. The molecule has 0 heterocycles. The fourth-order valence-corrected chi connectivity index (χ4v) is 1.88. The molecule has 1 rings (SSSR count). The van der Waals surface area contributed by atoms with Gasteiger partial charge in [0.2, 0.25) is 0 Å². The van der Waals surface area contributed by atoms with Gasteiger partial charge in [0.1, 0.15) is 6.04 Å². The van der Waals surface area contributed by atoms with Crippen molar-refractivity contribution in [3.05, 3.63) is 35.9 Å². The molecule has 0 fully saturated rings. The van der Waals surface area contributed by atoms with Crippen LogP contribution in [0.25, 0.3) is 0 Å². The van der Waals surface area contributed by atoms with E-state index in [1.807, 2.05) is 30.3 Å². The highest BCUT2D eigenvalue weighted by atomic mass is 32.2. The van der Waals surface area contributed by atoms with Crippen LogP contribution in [0.15, 0.2) is 30.3 Å². The van der Waals surface area contributed by atoms with E-state index in [0.29, 0.717) is 12.3 Å². The van der Waals surface area contributed by atoms with Gasteiger partial charge in [-0.3, -0.25) is 10.1 Å². The van der Waals surface area contributed by atoms with E-state index in [2.05, 4.69) is 12.2 Å². The van der Waals surface area contributed by atoms with Crippen molar-refractivity contribution in [1.29, 1.82) is 0 Å². The summed E-state index contributed by atoms with van der Waals surface area (Å²) in [5, 5.41) is 12.1. The average Bonchev–Trinajstić information content (AvgIpc) is 2.29. The van der Waals surface area contributed by atoms with Gasteiger partial charge in [-0.25, -0.2) is 0 Å². The Kier molecular flexibility index (Phi) is 5.96. The van der Waals surface area contributed by atoms with Gasteiger partial charge in [-0.1, -0.05) is 37.3 Å². The number of aliphatic carboxylic acids is 1. The molecule has 0 aliphatic rings. The Morgan fingerprint density at radius 3 is 2.69 bits per heavy atom. The van der Waals surface area contributed by atoms with Gasteiger partial charge in [-0.15, -0.1) is 11.8 Å². The van der Waals surface area contributed by atoms with Crippen LogP contribution in [-0.2, 0) is 11.2 Å². The Labute approximate surface area is 100 Å². The molecule has 1 unspecified atom stereocenters. The molecule has 0 amide bonds. The Morgan fingerprint density at radius 2 is 2.12 bits per heavy atom. The zero-order valence-electron chi connectivity index (χ0n) is 9.35. The molecule has 3 nitrogen and oxygen atoms in total. The van der Waals surface area contributed by atoms with Gasteiger partial charge in [-0.2, -0.15) is 0 Å². The summed E-state index contributed by atoms with van der Waals surface area (Å²) in [5.41, 5.74) is 1.05. The van der Waals surface area contributed by atoms with Gasteiger partial charge in [-0.05, 0) is 17.7 Å². The third-order valence-corrected chi connectivity index (χ3v) is 3.00. The number of nitrogens with one attached hydrogen (secondary N) is 1. The third-order valence-electron chi connectivity index (χ3n) is 2.22. The maximum Gasteiger partial charge on any atom is 0.321 e. The van der Waals surface area contributed by atoms with E-state index in [0.717, 1.165) is 11.3 Å². The molecule has 0 saturated heterocycles. The molecular weight excluding hydrogens is 222 g/mol. The van der Waals surface area contributed by atoms with Gasteiger partial charge in [0, 0.05) is 5.88 Å². The number of thioether (sulfide) groups is 1. The molecule has 2 N–H and O–H groups in total. The molecule has 1 atom stereocenters. The number of benzene rings is 1. The molecule has 0 radical (unpaired) electrons. The lowest BCUT2D eigenvalue weighted by Gasteiger charge is -2.13. The zero-order chi connectivity index (χ0) is 11.8. The predicted molar refractivity (Wildman–Crippen MR) is 67.7 cm³/mol. The van der Waals surface area contributed by atoms with Crippen LogP contribution in [0.1, 0.15) is 12.5 Å². The summed E-state index contributed by atoms with van der Waals surface area (Å²) in [6.07, 6.45) is 0.528. The summed E-state index contributed by atoms with van der Waals surface area (Å²) in [7, 11) is 0. The van der Waals surface area contributed by atoms with Crippen molar-refractivity contribution in [2.45, 2.75) is 19.4 Å². The molecule has 4 heteroatoms. The van der Waals surface area contributed by atoms with Crippen molar-refractivity contribution in [2.75, 3.05) is 11.6 Å². The highest BCUT2D eigenvalue weighted by Crippen LogP contribution is 2.04. The van der Waals surface area contributed by atoms with E-state index < -0.39 is 12.0 Å². The highest BCUT2D eigenvalue weighted by molar-refractivity contribution is 7.99. The number of carboxylic acids is 1. The van der Waals surface area contributed by atoms with Crippen LogP contribution in [0.5, 0.6) is 0 Å². The lowest BCUT2D eigenvalue weighted by atomic mass is 10.1. The van der Waals surface area contributed by atoms with E-state index in [9.17, 15) is 4.79 Å². The SMILES string of the molecule is CCSCNC(Cc1ccccc1)C(=O)O. The second-order valence-electron chi connectivity index (χ2n) is 3.42. The number of hydrogen-bond acceptors (Lipinski definition) is 3. The summed E-state index contributed by atoms with van der Waals surface area (Å²) in [5.74, 6) is 0.880. The molecule has 0 spiro atoms. The van der Waals surface area contributed by atoms with Crippen molar-refractivity contribution < 1.29 is 9.90 Å². The topological polar surface area (TPSA) is 49.3 Å². The monoisotopic (exact) mass is 239 g/mol. The van der Waals surface area contributed by atoms with E-state index in [4.69, 9.17) is 5.11 Å². The van der Waals surface area contributed by atoms with Gasteiger partial charge < -0.3 is 5.11 Å². The zero-order valence-corrected chi connectivity index (χ0v) is 10.2. The van der Waals surface area contributed by atoms with E-state index >= 15 is 0 Å². The molecule has 88 valence electrons. The van der Waals surface area contributed by atoms with Crippen LogP contribution in [0.3, 0.4) is 0 Å². The first kappa shape index (κ1) is 13.1. The first-order chi connectivity index (χ1) is 7.74. The van der Waals surface area contributed by atoms with Crippen LogP contribution in [0.4, 0.5) is 0 Å². The first-order valence-electron chi connectivity index (χ1n) is 5.32. The molecule has 0 aromatic heterocycles. The molecule has 0 aliphatic heterocycles. The Bertz CT molecular complexity index is 316. The van der Waals surface area contributed by atoms with E-state index in [-0.39, 0.29) is 0 Å². The first-order valence-corrected chi connectivity index (χ1v) is 6.47. The van der Waals surface area contributed by atoms with Crippen molar-refractivity contribution in [2.24, 2.45) is 0 Å². The average molecular weight is 239 g/mol. The Hall–Kier alpha value is -1.00. The second kappa shape index (κ2) is 7.30. The van der Waals surface area contributed by atoms with Gasteiger partial charge >= 0.3 is 5.97 Å². The Balaban J connectivity index is 2.48. The van der Waals surface area contributed by atoms with Crippen molar-refractivity contribution in [1.82, 2.24) is 5.32 Å². The molecule has 1 aromatic carbocycles. The fraction of sp³-hybridized carbons (Fsp3) is 0.417. The lowest BCUT2D eigenvalue weighted by molar-refractivity contribution is -0.139. The Morgan fingerprint density at radius 1 is 1.44 bits per heavy atom. The second-order valence-corrected chi connectivity index (χ2v) is 4.70. The number of hydrogen-bond donors (Lipinski definition) is 2. The van der Waals surface area contributed by atoms with Gasteiger partial charge in [0.05, 0.1) is 0 Å². The molecule has 0 saturated carbocycles. The summed E-state index contributed by atoms with van der Waals surface area (Å²) in [4.78, 5) is 11.0. The van der Waals surface area contributed by atoms with Gasteiger partial charge in [0.25, 0.3) is 0 Å². The molecule has 1 aromatic rings. The van der Waals surface area contributed by atoms with E-state index in [1.165, 1.54) is 0 Å². The largest absolute Gasteiger partial charge is 0.480 e. The number of carbonyl (C=O) groups is 1. The lowest BCUT2D eigenvalue weighted by Crippen LogP contribution is -2.38. The van der Waals surface area contributed by atoms with Gasteiger partial charge in [0.15, 0.2) is 0 Å². The minimum atomic E-state index is -0.791. The normalized spacial score (nSPS) is 12.3. The maximum absolute atomic E-state index is 11.0. The fourth-order valence-electron chi connectivity index (χ4n) is 1.36. The van der Waals surface area contributed by atoms with Crippen LogP contribution in [0, 0.1) is 0 Å². The van der Waals surface area contributed by atoms with Crippen molar-refractivity contribution >= 4 is 17.7 Å². The number of carboxylic acid groups (broad SMARTS) is 1. The summed E-state index contributed by atoms with van der Waals surface area (Å²) in [6.45, 7) is 2.05. The summed E-state index contributed by atoms with van der Waals surface area (Å²) >= 11 is 1.69. The third kappa shape index (κ3) is 4.68. The quantitative estimate of drug-likeness (QED) is 0.564. The van der Waals surface area contributed by atoms with Crippen LogP contribution >= 0.6 is 11.8 Å². The summed E-state index contributed by atoms with van der Waals surface area (Å²) in [6, 6.07) is 9.18. The standard InChI is InChI=1S/C12H17NO2S/c1-2-16-9-13-11(12(14)15)8-10-6-4-3-5-7-10/h3-7,11,13H,2,8-9H2,1H3,(H,14,15). The van der Waals surface area contributed by atoms with Crippen LogP contribution in [-0.4, -0.2) is 28.7 Å². The van der Waals surface area contributed by atoms with Crippen LogP contribution < -0.4 is 5.32 Å². The smallest absolute Gasteiger partial charge is 0.321 e. The minimum Gasteiger partial charge on any atom is -0.480 e. The maximum atomic E-state index is 11.0.